The lowest BCUT2D eigenvalue weighted by Gasteiger charge is -2.17. The predicted molar refractivity (Wildman–Crippen MR) is 155 cm³/mol. The van der Waals surface area contributed by atoms with E-state index in [1.807, 2.05) is 131 Å². The van der Waals surface area contributed by atoms with E-state index in [-0.39, 0.29) is 12.0 Å². The summed E-state index contributed by atoms with van der Waals surface area (Å²) in [5.41, 5.74) is 3.03. The van der Waals surface area contributed by atoms with E-state index in [0.717, 1.165) is 35.7 Å². The lowest BCUT2D eigenvalue weighted by atomic mass is 10.1. The molecule has 6 heteroatoms. The Morgan fingerprint density at radius 2 is 1.70 bits per heavy atom. The topological polar surface area (TPSA) is 69.3 Å². The first-order valence-corrected chi connectivity index (χ1v) is 13.1. The summed E-state index contributed by atoms with van der Waals surface area (Å²) in [6.07, 6.45) is 16.7. The van der Waals surface area contributed by atoms with Crippen LogP contribution >= 0.6 is 0 Å². The minimum absolute atomic E-state index is 0.251. The fourth-order valence-electron chi connectivity index (χ4n) is 3.44. The molecule has 1 N–H and O–H groups in total. The smallest absolute Gasteiger partial charge is 0.329 e. The summed E-state index contributed by atoms with van der Waals surface area (Å²) in [6.45, 7) is 12.7. The van der Waals surface area contributed by atoms with Crippen LogP contribution in [-0.2, 0) is 22.4 Å². The summed E-state index contributed by atoms with van der Waals surface area (Å²) < 4.78 is 12.6. The van der Waals surface area contributed by atoms with Crippen molar-refractivity contribution in [2.24, 2.45) is 0 Å². The average Bonchev–Trinajstić information content (AvgIpc) is 3.60. The van der Waals surface area contributed by atoms with Crippen LogP contribution in [-0.4, -0.2) is 29.2 Å². The first-order chi connectivity index (χ1) is 18.1. The molecule has 37 heavy (non-hydrogen) atoms. The maximum absolute atomic E-state index is 12.2. The van der Waals surface area contributed by atoms with Gasteiger partial charge in [-0.3, -0.25) is 0 Å². The fourth-order valence-corrected chi connectivity index (χ4v) is 3.44. The van der Waals surface area contributed by atoms with Gasteiger partial charge in [-0.05, 0) is 43.7 Å². The number of rotatable bonds is 11. The number of methoxy groups -OCH3 is 1. The number of carbonyl (C=O) groups excluding carboxylic acids is 1. The minimum atomic E-state index is -0.374. The second-order valence-corrected chi connectivity index (χ2v) is 7.57. The van der Waals surface area contributed by atoms with Crippen LogP contribution in [0.25, 0.3) is 6.08 Å². The molecule has 0 fully saturated rings. The maximum Gasteiger partial charge on any atom is 0.329 e. The fraction of sp³-hybridized carbons (Fsp3) is 0.355. The third kappa shape index (κ3) is 10.8. The molecular weight excluding hydrogens is 462 g/mol. The Morgan fingerprint density at radius 1 is 1.05 bits per heavy atom. The van der Waals surface area contributed by atoms with Crippen LogP contribution in [0.3, 0.4) is 0 Å². The number of allylic oxidation sites excluding steroid dienone is 5. The van der Waals surface area contributed by atoms with E-state index < -0.39 is 0 Å². The van der Waals surface area contributed by atoms with Crippen LogP contribution in [0.1, 0.15) is 63.6 Å². The van der Waals surface area contributed by atoms with Gasteiger partial charge in [-0.2, -0.15) is 0 Å². The molecule has 0 spiro atoms. The molecule has 200 valence electrons. The third-order valence-corrected chi connectivity index (χ3v) is 5.21. The minimum Gasteiger partial charge on any atom is -0.467 e. The zero-order chi connectivity index (χ0) is 27.5. The highest BCUT2D eigenvalue weighted by atomic mass is 16.5. The van der Waals surface area contributed by atoms with Crippen LogP contribution in [0.4, 0.5) is 5.69 Å². The summed E-state index contributed by atoms with van der Waals surface area (Å²) in [5, 5.41) is 3.42. The van der Waals surface area contributed by atoms with Crippen molar-refractivity contribution in [3.05, 3.63) is 102 Å². The molecule has 0 amide bonds. The van der Waals surface area contributed by atoms with Crippen LogP contribution in [0.2, 0.25) is 0 Å². The number of aryl methyl sites for hydroxylation is 1. The number of anilines is 1. The van der Waals surface area contributed by atoms with Gasteiger partial charge in [-0.15, -0.1) is 0 Å². The zero-order valence-electron chi connectivity index (χ0n) is 23.4. The number of oxazole rings is 1. The Hall–Kier alpha value is -3.80. The van der Waals surface area contributed by atoms with Crippen molar-refractivity contribution in [2.45, 2.75) is 60.4 Å². The third-order valence-electron chi connectivity index (χ3n) is 5.21. The molecule has 0 aliphatic heterocycles. The molecule has 1 atom stereocenters. The molecule has 0 bridgehead atoms. The molecule has 3 rings (SSSR count). The molecule has 2 heterocycles. The summed E-state index contributed by atoms with van der Waals surface area (Å²) in [7, 11) is 1.42. The monoisotopic (exact) mass is 505 g/mol. The van der Waals surface area contributed by atoms with Crippen molar-refractivity contribution in [1.82, 2.24) is 9.55 Å². The molecule has 0 saturated heterocycles. The van der Waals surface area contributed by atoms with Gasteiger partial charge in [0, 0.05) is 43.5 Å². The number of nitrogens with one attached hydrogen (secondary N) is 1. The molecule has 2 aromatic heterocycles. The van der Waals surface area contributed by atoms with Crippen molar-refractivity contribution in [1.29, 1.82) is 0 Å². The van der Waals surface area contributed by atoms with E-state index in [0.29, 0.717) is 12.3 Å². The first kappa shape index (κ1) is 31.2. The van der Waals surface area contributed by atoms with Gasteiger partial charge in [0.25, 0.3) is 0 Å². The van der Waals surface area contributed by atoms with Crippen molar-refractivity contribution in [3.63, 3.8) is 0 Å². The van der Waals surface area contributed by atoms with Gasteiger partial charge >= 0.3 is 5.97 Å². The van der Waals surface area contributed by atoms with E-state index in [4.69, 9.17) is 9.15 Å². The standard InChI is InChI=1S/C27H31N3O3.2C2H6/c1-4-5-6-7-8-11-26-29-24(21(2)33-26)16-17-28-23-14-12-22(13-15-23)20-25(27(31)32-3)30-18-9-10-19-30;2*1-2/h4-15,18-19,25,28H,16-17,20H2,1-3H3;2*1-2H3/b5-4-,7-6-,11-8+;;. The second kappa shape index (κ2) is 18.5. The number of hydrogen-bond acceptors (Lipinski definition) is 5. The van der Waals surface area contributed by atoms with Gasteiger partial charge in [0.1, 0.15) is 11.8 Å². The zero-order valence-corrected chi connectivity index (χ0v) is 23.4. The van der Waals surface area contributed by atoms with Gasteiger partial charge in [-0.1, -0.05) is 70.2 Å². The number of nitrogens with zero attached hydrogens (tertiary/aromatic N) is 2. The number of hydrogen-bond donors (Lipinski definition) is 1. The van der Waals surface area contributed by atoms with Gasteiger partial charge in [0.05, 0.1) is 12.8 Å². The highest BCUT2D eigenvalue weighted by Gasteiger charge is 2.20. The van der Waals surface area contributed by atoms with Crippen LogP contribution in [0.15, 0.2) is 83.6 Å². The number of carbonyl (C=O) groups is 1. The van der Waals surface area contributed by atoms with Gasteiger partial charge < -0.3 is 19.0 Å². The summed E-state index contributed by atoms with van der Waals surface area (Å²) in [6, 6.07) is 11.6. The van der Waals surface area contributed by atoms with Crippen molar-refractivity contribution < 1.29 is 13.9 Å². The summed E-state index contributed by atoms with van der Waals surface area (Å²) in [5.74, 6) is 1.20. The Bertz CT molecular complexity index is 1090. The number of aromatic nitrogens is 2. The molecular formula is C31H43N3O3. The van der Waals surface area contributed by atoms with Crippen molar-refractivity contribution in [3.8, 4) is 0 Å². The van der Waals surface area contributed by atoms with E-state index in [1.54, 1.807) is 0 Å². The molecule has 0 saturated carbocycles. The van der Waals surface area contributed by atoms with Crippen LogP contribution < -0.4 is 5.32 Å². The quantitative estimate of drug-likeness (QED) is 0.215. The van der Waals surface area contributed by atoms with Crippen molar-refractivity contribution in [2.75, 3.05) is 19.0 Å². The number of esters is 1. The lowest BCUT2D eigenvalue weighted by molar-refractivity contribution is -0.144. The molecule has 3 aromatic rings. The molecule has 0 aliphatic rings. The SMILES string of the molecule is CC.CC.C\C=C/C=C\C=C\c1nc(CCNc2ccc(CC(C(=O)OC)n3cccc3)cc2)c(C)o1. The van der Waals surface area contributed by atoms with Gasteiger partial charge in [0.15, 0.2) is 0 Å². The highest BCUT2D eigenvalue weighted by molar-refractivity contribution is 5.74. The Kier molecular flexibility index (Phi) is 15.6. The Labute approximate surface area is 222 Å². The van der Waals surface area contributed by atoms with Crippen LogP contribution in [0.5, 0.6) is 0 Å². The van der Waals surface area contributed by atoms with E-state index in [9.17, 15) is 4.79 Å². The van der Waals surface area contributed by atoms with Crippen LogP contribution in [0, 0.1) is 6.92 Å². The molecule has 1 unspecified atom stereocenters. The van der Waals surface area contributed by atoms with E-state index >= 15 is 0 Å². The molecule has 0 radical (unpaired) electrons. The Morgan fingerprint density at radius 3 is 2.32 bits per heavy atom. The summed E-state index contributed by atoms with van der Waals surface area (Å²) in [4.78, 5) is 16.8. The second-order valence-electron chi connectivity index (χ2n) is 7.57. The normalized spacial score (nSPS) is 11.6. The highest BCUT2D eigenvalue weighted by Crippen LogP contribution is 2.19. The molecule has 6 nitrogen and oxygen atoms in total. The Balaban J connectivity index is 0.00000163. The lowest BCUT2D eigenvalue weighted by Crippen LogP contribution is -2.22. The predicted octanol–water partition coefficient (Wildman–Crippen LogP) is 7.59. The van der Waals surface area contributed by atoms with Gasteiger partial charge in [-0.25, -0.2) is 9.78 Å². The van der Waals surface area contributed by atoms with E-state index in [1.165, 1.54) is 7.11 Å². The first-order valence-electron chi connectivity index (χ1n) is 13.1. The number of benzene rings is 1. The molecule has 1 aromatic carbocycles. The molecule has 0 aliphatic carbocycles. The van der Waals surface area contributed by atoms with Gasteiger partial charge in [0.2, 0.25) is 5.89 Å². The largest absolute Gasteiger partial charge is 0.467 e. The summed E-state index contributed by atoms with van der Waals surface area (Å²) >= 11 is 0. The van der Waals surface area contributed by atoms with E-state index in [2.05, 4.69) is 10.3 Å². The average molecular weight is 506 g/mol. The maximum atomic E-state index is 12.2. The number of ether oxygens (including phenoxy) is 1. The van der Waals surface area contributed by atoms with Crippen molar-refractivity contribution >= 4 is 17.7 Å².